The Balaban J connectivity index is 1.05. The first-order valence-electron chi connectivity index (χ1n) is 21.8. The molecule has 10 atom stereocenters. The highest BCUT2D eigenvalue weighted by Gasteiger charge is 2.62. The highest BCUT2D eigenvalue weighted by Crippen LogP contribution is 2.52. The first kappa shape index (κ1) is 41.2. The van der Waals surface area contributed by atoms with Gasteiger partial charge >= 0.3 is 6.09 Å². The summed E-state index contributed by atoms with van der Waals surface area (Å²) in [7, 11) is -2.32. The van der Waals surface area contributed by atoms with Gasteiger partial charge in [0.25, 0.3) is 5.91 Å². The molecule has 3 N–H and O–H groups in total. The van der Waals surface area contributed by atoms with Crippen LogP contribution < -0.4 is 24.8 Å². The molecule has 5 fully saturated rings. The minimum absolute atomic E-state index is 0.0219. The van der Waals surface area contributed by atoms with Crippen molar-refractivity contribution in [2.75, 3.05) is 13.7 Å². The molecule has 0 unspecified atom stereocenters. The van der Waals surface area contributed by atoms with Gasteiger partial charge in [0, 0.05) is 23.3 Å². The molecule has 1 aromatic heterocycles. The molecule has 61 heavy (non-hydrogen) atoms. The van der Waals surface area contributed by atoms with Gasteiger partial charge < -0.3 is 29.7 Å². The number of amides is 4. The van der Waals surface area contributed by atoms with E-state index in [1.807, 2.05) is 73.7 Å². The normalized spacial score (nSPS) is 32.8. The van der Waals surface area contributed by atoms with Gasteiger partial charge in [0.15, 0.2) is 0 Å². The highest BCUT2D eigenvalue weighted by molar-refractivity contribution is 7.91. The van der Waals surface area contributed by atoms with Gasteiger partial charge in [-0.15, -0.1) is 0 Å². The van der Waals surface area contributed by atoms with E-state index in [0.29, 0.717) is 60.2 Å². The number of pyridine rings is 1. The predicted molar refractivity (Wildman–Crippen MR) is 227 cm³/mol. The number of sulfonamides is 1. The number of rotatable bonds is 9. The van der Waals surface area contributed by atoms with Crippen molar-refractivity contribution >= 4 is 44.6 Å². The second-order valence-corrected chi connectivity index (χ2v) is 20.4. The van der Waals surface area contributed by atoms with E-state index in [1.54, 1.807) is 7.11 Å². The molecule has 4 amide bonds. The third-order valence-electron chi connectivity index (χ3n) is 13.7. The van der Waals surface area contributed by atoms with Gasteiger partial charge in [-0.25, -0.2) is 18.2 Å². The van der Waals surface area contributed by atoms with Gasteiger partial charge in [-0.05, 0) is 111 Å². The molecule has 324 valence electrons. The van der Waals surface area contributed by atoms with Crippen molar-refractivity contribution in [3.05, 3.63) is 66.7 Å². The molecule has 14 nitrogen and oxygen atoms in total. The van der Waals surface area contributed by atoms with Crippen LogP contribution in [0, 0.1) is 29.6 Å². The number of carbonyl (C=O) groups is 4. The lowest BCUT2D eigenvalue weighted by atomic mass is 9.88. The lowest BCUT2D eigenvalue weighted by Gasteiger charge is -2.33. The smallest absolute Gasteiger partial charge is 0.408 e. The average Bonchev–Trinajstić information content (AvgIpc) is 4.20. The number of nitrogens with zero attached hydrogens (tertiary/aromatic N) is 2. The lowest BCUT2D eigenvalue weighted by Crippen LogP contribution is -2.59. The maximum absolute atomic E-state index is 15.1. The highest BCUT2D eigenvalue weighted by atomic mass is 32.2. The molecule has 3 aromatic rings. The van der Waals surface area contributed by atoms with Crippen molar-refractivity contribution in [2.45, 2.75) is 113 Å². The Morgan fingerprint density at radius 3 is 2.44 bits per heavy atom. The number of alkyl carbamates (subject to hydrolysis) is 1. The molecular weight excluding hydrogens is 799 g/mol. The fourth-order valence-corrected chi connectivity index (χ4v) is 11.3. The summed E-state index contributed by atoms with van der Waals surface area (Å²) in [5, 5.41) is 6.76. The molecule has 6 aliphatic rings. The summed E-state index contributed by atoms with van der Waals surface area (Å²) in [6.07, 6.45) is 8.37. The first-order chi connectivity index (χ1) is 29.3. The summed E-state index contributed by atoms with van der Waals surface area (Å²) in [5.41, 5.74) is 0.00180. The second-order valence-electron chi connectivity index (χ2n) is 18.4. The first-order valence-corrected chi connectivity index (χ1v) is 23.4. The van der Waals surface area contributed by atoms with Crippen LogP contribution in [0.4, 0.5) is 4.79 Å². The van der Waals surface area contributed by atoms with E-state index in [2.05, 4.69) is 22.3 Å². The molecule has 9 rings (SSSR count). The topological polar surface area (TPSA) is 182 Å². The summed E-state index contributed by atoms with van der Waals surface area (Å²) in [4.78, 5) is 63.7. The fourth-order valence-electron chi connectivity index (χ4n) is 9.90. The molecule has 2 aromatic carbocycles. The molecule has 2 aliphatic heterocycles. The van der Waals surface area contributed by atoms with Crippen LogP contribution in [0.1, 0.15) is 78.1 Å². The maximum atomic E-state index is 15.1. The van der Waals surface area contributed by atoms with Crippen LogP contribution in [-0.4, -0.2) is 90.9 Å². The van der Waals surface area contributed by atoms with Crippen molar-refractivity contribution in [3.8, 4) is 22.9 Å². The van der Waals surface area contributed by atoms with E-state index in [4.69, 9.17) is 19.2 Å². The van der Waals surface area contributed by atoms with E-state index in [1.165, 1.54) is 11.3 Å². The molecule has 0 spiro atoms. The number of allylic oxidation sites excluding steroid dienone is 1. The Kier molecular flexibility index (Phi) is 11.0. The summed E-state index contributed by atoms with van der Waals surface area (Å²) < 4.78 is 46.4. The van der Waals surface area contributed by atoms with E-state index in [9.17, 15) is 22.8 Å². The van der Waals surface area contributed by atoms with Crippen molar-refractivity contribution in [2.24, 2.45) is 29.6 Å². The van der Waals surface area contributed by atoms with Crippen LogP contribution in [0.5, 0.6) is 11.6 Å². The molecule has 1 saturated heterocycles. The molecular formula is C46H55N5O9S. The van der Waals surface area contributed by atoms with Gasteiger partial charge in [0.2, 0.25) is 27.7 Å². The summed E-state index contributed by atoms with van der Waals surface area (Å²) in [6.45, 7) is 4.02. The van der Waals surface area contributed by atoms with Crippen LogP contribution in [0.15, 0.2) is 66.7 Å². The van der Waals surface area contributed by atoms with E-state index in [0.717, 1.165) is 30.2 Å². The van der Waals surface area contributed by atoms with Crippen molar-refractivity contribution in [1.29, 1.82) is 0 Å². The summed E-state index contributed by atoms with van der Waals surface area (Å²) in [5.74, 6) is -0.316. The number of carbonyl (C=O) groups excluding carboxylic acids is 4. The Labute approximate surface area is 356 Å². The number of hydrogen-bond donors (Lipinski definition) is 3. The number of aromatic nitrogens is 1. The summed E-state index contributed by atoms with van der Waals surface area (Å²) >= 11 is 0. The van der Waals surface area contributed by atoms with Crippen molar-refractivity contribution in [1.82, 2.24) is 25.2 Å². The zero-order chi connectivity index (χ0) is 42.6. The number of nitrogens with one attached hydrogen (secondary N) is 3. The van der Waals surface area contributed by atoms with Crippen LogP contribution in [0.2, 0.25) is 0 Å². The third kappa shape index (κ3) is 8.67. The van der Waals surface area contributed by atoms with Gasteiger partial charge in [0.1, 0.15) is 35.6 Å². The largest absolute Gasteiger partial charge is 0.497 e. The molecule has 15 heteroatoms. The number of fused-ring (bicyclic) bond motifs is 4. The molecule has 4 aliphatic carbocycles. The molecule has 4 saturated carbocycles. The van der Waals surface area contributed by atoms with Gasteiger partial charge in [-0.2, -0.15) is 0 Å². The lowest BCUT2D eigenvalue weighted by molar-refractivity contribution is -0.142. The van der Waals surface area contributed by atoms with Crippen LogP contribution in [0.25, 0.3) is 22.0 Å². The summed E-state index contributed by atoms with van der Waals surface area (Å²) in [6, 6.07) is 15.0. The average molecular weight is 854 g/mol. The minimum Gasteiger partial charge on any atom is -0.497 e. The van der Waals surface area contributed by atoms with Crippen LogP contribution in [0.3, 0.4) is 0 Å². The third-order valence-corrected chi connectivity index (χ3v) is 15.5. The minimum atomic E-state index is -3.91. The standard InChI is InChI=1S/C46H55N5O9S/c1-26-9-7-8-12-32-24-46(32,44(54)50-61(56,57)36-14-15-36)49-41(52)39-23-35(25-51(39)43(53)40(27(2)17-26)48-45(55)60-34-19-29-18-30(29)20-34)59-42-37-16-13-33(58-3)21-31(37)22-38(47-42)28-10-5-4-6-11-28/h4-6,8,10-13,16,21-22,26-27,29-30,32,34-36,39-40H,7,9,14-15,17-20,23-25H2,1-3H3,(H,48,55)(H,49,52)(H,50,54)/b12-8-/t26-,27-,29-,30+,32-,34+,35-,39+,40+,46-/m1/s1. The van der Waals surface area contributed by atoms with E-state index >= 15 is 4.79 Å². The second kappa shape index (κ2) is 16.3. The Hall–Kier alpha value is -5.18. The molecule has 0 radical (unpaired) electrons. The van der Waals surface area contributed by atoms with E-state index < -0.39 is 68.7 Å². The Morgan fingerprint density at radius 1 is 0.934 bits per heavy atom. The maximum Gasteiger partial charge on any atom is 0.408 e. The quantitative estimate of drug-likeness (QED) is 0.228. The van der Waals surface area contributed by atoms with Crippen LogP contribution >= 0.6 is 0 Å². The molecule has 3 heterocycles. The van der Waals surface area contributed by atoms with Crippen LogP contribution in [-0.2, 0) is 29.1 Å². The van der Waals surface area contributed by atoms with E-state index in [-0.39, 0.29) is 37.3 Å². The SMILES string of the molecule is COc1ccc2c(O[C@@H]3C[C@H]4C(=O)N[C@]5(C(=O)NS(=O)(=O)C6CC6)C[C@H]5/C=C\CC[C@@H](C)C[C@@H](C)[C@H](NC(=O)O[C@@H]5C[C@@H]6C[C@@H]6C5)C(=O)N4C3)nc(-c3ccccc3)cc2c1. The number of methoxy groups -OCH3 is 1. The van der Waals surface area contributed by atoms with Gasteiger partial charge in [0.05, 0.1) is 24.6 Å². The van der Waals surface area contributed by atoms with Crippen molar-refractivity contribution in [3.63, 3.8) is 0 Å². The predicted octanol–water partition coefficient (Wildman–Crippen LogP) is 5.65. The zero-order valence-electron chi connectivity index (χ0n) is 34.9. The number of ether oxygens (including phenoxy) is 3. The Morgan fingerprint density at radius 2 is 1.70 bits per heavy atom. The number of hydrogen-bond acceptors (Lipinski definition) is 10. The fraction of sp³-hybridized carbons (Fsp3) is 0.543. The number of benzene rings is 2. The van der Waals surface area contributed by atoms with Crippen molar-refractivity contribution < 1.29 is 41.8 Å². The monoisotopic (exact) mass is 853 g/mol. The van der Waals surface area contributed by atoms with Gasteiger partial charge in [-0.3, -0.25) is 19.1 Å². The zero-order valence-corrected chi connectivity index (χ0v) is 35.7. The van der Waals surface area contributed by atoms with Gasteiger partial charge in [-0.1, -0.05) is 56.3 Å². The molecule has 0 bridgehead atoms. The Bertz CT molecular complexity index is 2340.